The third kappa shape index (κ3) is 4.63. The van der Waals surface area contributed by atoms with Crippen LogP contribution >= 0.6 is 0 Å². The van der Waals surface area contributed by atoms with E-state index < -0.39 is 0 Å². The van der Waals surface area contributed by atoms with Crippen molar-refractivity contribution in [3.8, 4) is 5.75 Å². The molecule has 2 aliphatic heterocycles. The van der Waals surface area contributed by atoms with E-state index >= 15 is 0 Å². The first-order chi connectivity index (χ1) is 14.9. The van der Waals surface area contributed by atoms with Gasteiger partial charge in [-0.1, -0.05) is 6.07 Å². The van der Waals surface area contributed by atoms with Gasteiger partial charge in [0.25, 0.3) is 5.91 Å². The molecule has 2 heterocycles. The first-order valence-corrected chi connectivity index (χ1v) is 10.3. The predicted octanol–water partition coefficient (Wildman–Crippen LogP) is 2.03. The molecule has 4 rings (SSSR count). The van der Waals surface area contributed by atoms with Crippen molar-refractivity contribution in [2.45, 2.75) is 13.8 Å². The monoisotopic (exact) mass is 422 g/mol. The van der Waals surface area contributed by atoms with Crippen molar-refractivity contribution in [2.24, 2.45) is 0 Å². The van der Waals surface area contributed by atoms with E-state index in [1.807, 2.05) is 54.3 Å². The Kier molecular flexibility index (Phi) is 5.79. The maximum absolute atomic E-state index is 12.6. The van der Waals surface area contributed by atoms with Crippen molar-refractivity contribution < 1.29 is 19.1 Å². The molecule has 0 aliphatic carbocycles. The third-order valence-corrected chi connectivity index (χ3v) is 5.60. The lowest BCUT2D eigenvalue weighted by Gasteiger charge is -2.35. The Hall–Kier alpha value is -3.55. The molecule has 8 nitrogen and oxygen atoms in total. The van der Waals surface area contributed by atoms with E-state index in [0.29, 0.717) is 30.2 Å². The summed E-state index contributed by atoms with van der Waals surface area (Å²) in [6, 6.07) is 13.2. The number of carbonyl (C=O) groups excluding carboxylic acids is 3. The summed E-state index contributed by atoms with van der Waals surface area (Å²) in [6.45, 7) is 6.36. The first-order valence-electron chi connectivity index (χ1n) is 10.3. The summed E-state index contributed by atoms with van der Waals surface area (Å²) in [6.07, 6.45) is 0. The SMILES string of the molecule is CC(=O)N1CCN(c2ccc(NC(=O)CN3C(=O)COc4ccc(C)cc43)cc2)CC1. The Morgan fingerprint density at radius 3 is 2.42 bits per heavy atom. The molecule has 0 bridgehead atoms. The highest BCUT2D eigenvalue weighted by molar-refractivity contribution is 6.05. The zero-order chi connectivity index (χ0) is 22.0. The van der Waals surface area contributed by atoms with Gasteiger partial charge in [0.2, 0.25) is 11.8 Å². The van der Waals surface area contributed by atoms with Gasteiger partial charge < -0.3 is 19.9 Å². The van der Waals surface area contributed by atoms with Gasteiger partial charge in [-0.2, -0.15) is 0 Å². The van der Waals surface area contributed by atoms with Crippen molar-refractivity contribution in [3.63, 3.8) is 0 Å². The highest BCUT2D eigenvalue weighted by Crippen LogP contribution is 2.32. The average molecular weight is 422 g/mol. The lowest BCUT2D eigenvalue weighted by molar-refractivity contribution is -0.129. The normalized spacial score (nSPS) is 15.9. The van der Waals surface area contributed by atoms with Crippen LogP contribution in [-0.4, -0.2) is 62.0 Å². The quantitative estimate of drug-likeness (QED) is 0.815. The topological polar surface area (TPSA) is 82.2 Å². The van der Waals surface area contributed by atoms with Crippen molar-refractivity contribution in [2.75, 3.05) is 54.4 Å². The molecule has 1 saturated heterocycles. The van der Waals surface area contributed by atoms with Gasteiger partial charge in [-0.15, -0.1) is 0 Å². The molecule has 0 radical (unpaired) electrons. The number of ether oxygens (including phenoxy) is 1. The second kappa shape index (κ2) is 8.67. The molecule has 0 aromatic heterocycles. The van der Waals surface area contributed by atoms with Crippen molar-refractivity contribution in [1.29, 1.82) is 0 Å². The van der Waals surface area contributed by atoms with E-state index in [-0.39, 0.29) is 30.9 Å². The summed E-state index contributed by atoms with van der Waals surface area (Å²) >= 11 is 0. The number of benzene rings is 2. The van der Waals surface area contributed by atoms with E-state index in [4.69, 9.17) is 4.74 Å². The molecule has 0 saturated carbocycles. The summed E-state index contributed by atoms with van der Waals surface area (Å²) in [4.78, 5) is 41.9. The van der Waals surface area contributed by atoms with Crippen LogP contribution in [-0.2, 0) is 14.4 Å². The number of fused-ring (bicyclic) bond motifs is 1. The number of amides is 3. The summed E-state index contributed by atoms with van der Waals surface area (Å²) in [5.74, 6) is 0.195. The number of piperazine rings is 1. The Morgan fingerprint density at radius 1 is 1.03 bits per heavy atom. The van der Waals surface area contributed by atoms with Crippen LogP contribution in [0.5, 0.6) is 5.75 Å². The zero-order valence-corrected chi connectivity index (χ0v) is 17.8. The van der Waals surface area contributed by atoms with Crippen molar-refractivity contribution >= 4 is 34.8 Å². The van der Waals surface area contributed by atoms with Gasteiger partial charge in [-0.3, -0.25) is 19.3 Å². The fraction of sp³-hybridized carbons (Fsp3) is 0.348. The molecule has 162 valence electrons. The number of anilines is 3. The minimum atomic E-state index is -0.273. The number of rotatable bonds is 4. The van der Waals surface area contributed by atoms with E-state index in [1.54, 1.807) is 6.92 Å². The molecule has 31 heavy (non-hydrogen) atoms. The summed E-state index contributed by atoms with van der Waals surface area (Å²) in [5, 5.41) is 2.86. The van der Waals surface area contributed by atoms with Crippen molar-refractivity contribution in [3.05, 3.63) is 48.0 Å². The summed E-state index contributed by atoms with van der Waals surface area (Å²) in [5.41, 5.74) is 3.32. The van der Waals surface area contributed by atoms with Gasteiger partial charge in [0.05, 0.1) is 5.69 Å². The van der Waals surface area contributed by atoms with Crippen LogP contribution < -0.4 is 19.9 Å². The molecule has 0 unspecified atom stereocenters. The average Bonchev–Trinajstić information content (AvgIpc) is 2.76. The Balaban J connectivity index is 1.37. The molecule has 1 fully saturated rings. The van der Waals surface area contributed by atoms with Gasteiger partial charge in [0.1, 0.15) is 12.3 Å². The molecule has 8 heteroatoms. The number of hydrogen-bond donors (Lipinski definition) is 1. The molecule has 2 aromatic carbocycles. The van der Waals surface area contributed by atoms with E-state index in [2.05, 4.69) is 10.2 Å². The van der Waals surface area contributed by atoms with Crippen LogP contribution in [0.2, 0.25) is 0 Å². The van der Waals surface area contributed by atoms with Gasteiger partial charge in [0, 0.05) is 44.5 Å². The van der Waals surface area contributed by atoms with Gasteiger partial charge in [-0.25, -0.2) is 0 Å². The number of nitrogens with one attached hydrogen (secondary N) is 1. The van der Waals surface area contributed by atoms with Gasteiger partial charge >= 0.3 is 0 Å². The molecule has 0 atom stereocenters. The smallest absolute Gasteiger partial charge is 0.265 e. The molecule has 1 N–H and O–H groups in total. The van der Waals surface area contributed by atoms with E-state index in [1.165, 1.54) is 4.90 Å². The van der Waals surface area contributed by atoms with Crippen LogP contribution in [0.15, 0.2) is 42.5 Å². The second-order valence-electron chi connectivity index (χ2n) is 7.83. The Bertz CT molecular complexity index is 997. The standard InChI is InChI=1S/C23H26N4O4/c1-16-3-8-21-20(13-16)27(23(30)15-31-21)14-22(29)24-18-4-6-19(7-5-18)26-11-9-25(10-12-26)17(2)28/h3-8,13H,9-12,14-15H2,1-2H3,(H,24,29). The number of carbonyl (C=O) groups is 3. The number of nitrogens with zero attached hydrogens (tertiary/aromatic N) is 3. The van der Waals surface area contributed by atoms with Gasteiger partial charge in [0.15, 0.2) is 6.61 Å². The molecular formula is C23H26N4O4. The molecule has 2 aliphatic rings. The lowest BCUT2D eigenvalue weighted by Crippen LogP contribution is -2.48. The maximum Gasteiger partial charge on any atom is 0.265 e. The maximum atomic E-state index is 12.6. The third-order valence-electron chi connectivity index (χ3n) is 5.60. The second-order valence-corrected chi connectivity index (χ2v) is 7.83. The number of aryl methyl sites for hydroxylation is 1. The van der Waals surface area contributed by atoms with Crippen LogP contribution in [0.3, 0.4) is 0 Å². The largest absolute Gasteiger partial charge is 0.482 e. The van der Waals surface area contributed by atoms with Crippen LogP contribution in [0.25, 0.3) is 0 Å². The van der Waals surface area contributed by atoms with E-state index in [9.17, 15) is 14.4 Å². The molecule has 0 spiro atoms. The summed E-state index contributed by atoms with van der Waals surface area (Å²) < 4.78 is 5.46. The van der Waals surface area contributed by atoms with Crippen LogP contribution in [0.1, 0.15) is 12.5 Å². The lowest BCUT2D eigenvalue weighted by atomic mass is 10.1. The highest BCUT2D eigenvalue weighted by Gasteiger charge is 2.27. The minimum Gasteiger partial charge on any atom is -0.482 e. The fourth-order valence-corrected chi connectivity index (χ4v) is 3.86. The molecule has 3 amide bonds. The fourth-order valence-electron chi connectivity index (χ4n) is 3.86. The molecular weight excluding hydrogens is 396 g/mol. The Morgan fingerprint density at radius 2 is 1.74 bits per heavy atom. The Labute approximate surface area is 181 Å². The van der Waals surface area contributed by atoms with E-state index in [0.717, 1.165) is 24.3 Å². The predicted molar refractivity (Wildman–Crippen MR) is 119 cm³/mol. The molecule has 2 aromatic rings. The zero-order valence-electron chi connectivity index (χ0n) is 17.8. The number of hydrogen-bond acceptors (Lipinski definition) is 5. The van der Waals surface area contributed by atoms with Crippen LogP contribution in [0, 0.1) is 6.92 Å². The van der Waals surface area contributed by atoms with Gasteiger partial charge in [-0.05, 0) is 48.9 Å². The first kappa shape index (κ1) is 20.7. The minimum absolute atomic E-state index is 0.0745. The van der Waals surface area contributed by atoms with Crippen LogP contribution in [0.4, 0.5) is 17.1 Å². The highest BCUT2D eigenvalue weighted by atomic mass is 16.5. The van der Waals surface area contributed by atoms with Crippen molar-refractivity contribution in [1.82, 2.24) is 4.90 Å². The summed E-state index contributed by atoms with van der Waals surface area (Å²) in [7, 11) is 0.